The number of ether oxygens (including phenoxy) is 2. The van der Waals surface area contributed by atoms with E-state index in [1.165, 1.54) is 28.8 Å². The molecule has 0 saturated carbocycles. The van der Waals surface area contributed by atoms with Crippen molar-refractivity contribution in [3.63, 3.8) is 0 Å². The molecule has 0 aliphatic carbocycles. The molecule has 0 aromatic heterocycles. The van der Waals surface area contributed by atoms with Crippen molar-refractivity contribution in [2.75, 3.05) is 19.9 Å². The minimum Gasteiger partial charge on any atom is -0.454 e. The molecule has 2 amide bonds. The number of nitrogens with one attached hydrogen (secondary N) is 1. The molecule has 1 saturated heterocycles. The molecule has 2 aliphatic heterocycles. The van der Waals surface area contributed by atoms with Crippen molar-refractivity contribution in [3.05, 3.63) is 67.6 Å². The lowest BCUT2D eigenvalue weighted by Crippen LogP contribution is -2.37. The Hall–Kier alpha value is -3.15. The molecule has 12 heteroatoms. The van der Waals surface area contributed by atoms with E-state index < -0.39 is 10.8 Å². The number of carbonyl (C=O) groups excluding carboxylic acids is 2. The second-order valence-corrected chi connectivity index (χ2v) is 8.71. The quantitative estimate of drug-likeness (QED) is 0.282. The lowest BCUT2D eigenvalue weighted by atomic mass is 10.2. The second-order valence-electron chi connectivity index (χ2n) is 6.62. The van der Waals surface area contributed by atoms with Gasteiger partial charge in [0.25, 0.3) is 17.5 Å². The number of nitrogens with zero attached hydrogens (tertiary/aromatic N) is 2. The number of rotatable bonds is 6. The van der Waals surface area contributed by atoms with Crippen LogP contribution in [0.1, 0.15) is 15.9 Å². The van der Waals surface area contributed by atoms with E-state index in [0.717, 1.165) is 11.6 Å². The fourth-order valence-electron chi connectivity index (χ4n) is 3.03. The molecule has 32 heavy (non-hydrogen) atoms. The summed E-state index contributed by atoms with van der Waals surface area (Å²) in [5.74, 6) is 0.493. The fourth-order valence-corrected chi connectivity index (χ4v) is 4.59. The van der Waals surface area contributed by atoms with E-state index in [4.69, 9.17) is 33.3 Å². The lowest BCUT2D eigenvalue weighted by Gasteiger charge is -2.15. The monoisotopic (exact) mass is 491 g/mol. The van der Waals surface area contributed by atoms with Crippen molar-refractivity contribution in [2.24, 2.45) is 0 Å². The van der Waals surface area contributed by atoms with E-state index in [0.29, 0.717) is 20.7 Å². The Balaban J connectivity index is 1.37. The van der Waals surface area contributed by atoms with Crippen molar-refractivity contribution in [1.29, 1.82) is 0 Å². The highest BCUT2D eigenvalue weighted by Crippen LogP contribution is 2.36. The van der Waals surface area contributed by atoms with Gasteiger partial charge in [0.15, 0.2) is 11.5 Å². The fraction of sp³-hybridized carbons (Fsp3) is 0.150. The molecule has 2 aliphatic rings. The van der Waals surface area contributed by atoms with E-state index in [1.54, 1.807) is 18.2 Å². The summed E-state index contributed by atoms with van der Waals surface area (Å²) in [4.78, 5) is 37.1. The third-order valence-corrected chi connectivity index (χ3v) is 6.29. The predicted molar refractivity (Wildman–Crippen MR) is 123 cm³/mol. The van der Waals surface area contributed by atoms with E-state index in [2.05, 4.69) is 5.32 Å². The number of fused-ring (bicyclic) bond motifs is 1. The summed E-state index contributed by atoms with van der Waals surface area (Å²) in [6, 6.07) is 8.96. The zero-order chi connectivity index (χ0) is 22.8. The Bertz CT molecular complexity index is 1190. The summed E-state index contributed by atoms with van der Waals surface area (Å²) in [6.07, 6.45) is 1.72. The number of amides is 2. The smallest absolute Gasteiger partial charge is 0.270 e. The number of hydrogen-bond acceptors (Lipinski definition) is 8. The van der Waals surface area contributed by atoms with E-state index in [-0.39, 0.29) is 42.1 Å². The molecule has 4 rings (SSSR count). The van der Waals surface area contributed by atoms with Gasteiger partial charge in [-0.05, 0) is 29.8 Å². The van der Waals surface area contributed by atoms with Crippen LogP contribution in [0.4, 0.5) is 5.69 Å². The number of carbonyl (C=O) groups is 2. The van der Waals surface area contributed by atoms with E-state index in [9.17, 15) is 19.7 Å². The Morgan fingerprint density at radius 3 is 2.81 bits per heavy atom. The minimum atomic E-state index is -0.597. The second kappa shape index (κ2) is 9.15. The number of thioether (sulfide) groups is 1. The maximum atomic E-state index is 12.8. The first kappa shape index (κ1) is 22.1. The molecule has 0 radical (unpaired) electrons. The molecule has 164 valence electrons. The van der Waals surface area contributed by atoms with Gasteiger partial charge >= 0.3 is 0 Å². The van der Waals surface area contributed by atoms with Crippen LogP contribution in [0.3, 0.4) is 0 Å². The highest BCUT2D eigenvalue weighted by Gasteiger charge is 2.32. The zero-order valence-corrected chi connectivity index (χ0v) is 18.6. The van der Waals surface area contributed by atoms with Gasteiger partial charge in [-0.2, -0.15) is 0 Å². The Morgan fingerprint density at radius 2 is 2.06 bits per heavy atom. The van der Waals surface area contributed by atoms with Gasteiger partial charge in [-0.15, -0.1) is 0 Å². The first-order valence-corrected chi connectivity index (χ1v) is 10.8. The van der Waals surface area contributed by atoms with Crippen molar-refractivity contribution in [3.8, 4) is 11.5 Å². The number of nitro benzene ring substituents is 1. The number of nitro groups is 1. The molecule has 9 nitrogen and oxygen atoms in total. The van der Waals surface area contributed by atoms with Crippen LogP contribution in [0.5, 0.6) is 11.5 Å². The first-order chi connectivity index (χ1) is 15.3. The largest absolute Gasteiger partial charge is 0.454 e. The van der Waals surface area contributed by atoms with Gasteiger partial charge in [0.1, 0.15) is 4.32 Å². The molecule has 2 aromatic rings. The molecule has 0 spiro atoms. The van der Waals surface area contributed by atoms with Crippen LogP contribution in [-0.2, 0) is 4.79 Å². The predicted octanol–water partition coefficient (Wildman–Crippen LogP) is 3.61. The van der Waals surface area contributed by atoms with Crippen LogP contribution in [0, 0.1) is 10.1 Å². The molecule has 2 heterocycles. The molecule has 0 unspecified atom stereocenters. The molecule has 1 N–H and O–H groups in total. The summed E-state index contributed by atoms with van der Waals surface area (Å²) in [6.45, 7) is 0.451. The highest BCUT2D eigenvalue weighted by molar-refractivity contribution is 8.26. The summed E-state index contributed by atoms with van der Waals surface area (Å²) in [5.41, 5.74) is 0.666. The third-order valence-electron chi connectivity index (χ3n) is 4.60. The molecule has 1 fully saturated rings. The van der Waals surface area contributed by atoms with Crippen molar-refractivity contribution >= 4 is 63.5 Å². The third kappa shape index (κ3) is 4.54. The highest BCUT2D eigenvalue weighted by atomic mass is 35.5. The molecule has 0 bridgehead atoms. The number of halogens is 1. The molecular weight excluding hydrogens is 478 g/mol. The van der Waals surface area contributed by atoms with Crippen LogP contribution >= 0.6 is 35.6 Å². The minimum absolute atomic E-state index is 0.0334. The zero-order valence-electron chi connectivity index (χ0n) is 16.2. The number of hydrogen-bond donors (Lipinski definition) is 1. The molecule has 0 atom stereocenters. The van der Waals surface area contributed by atoms with Gasteiger partial charge in [0.2, 0.25) is 6.79 Å². The molecule has 2 aromatic carbocycles. The van der Waals surface area contributed by atoms with Crippen molar-refractivity contribution < 1.29 is 24.0 Å². The normalized spacial score (nSPS) is 16.0. The lowest BCUT2D eigenvalue weighted by molar-refractivity contribution is -0.384. The van der Waals surface area contributed by atoms with Gasteiger partial charge in [-0.25, -0.2) is 0 Å². The van der Waals surface area contributed by atoms with Crippen LogP contribution in [0.2, 0.25) is 5.02 Å². The van der Waals surface area contributed by atoms with Crippen molar-refractivity contribution in [2.45, 2.75) is 0 Å². The summed E-state index contributed by atoms with van der Waals surface area (Å²) in [7, 11) is 0. The van der Waals surface area contributed by atoms with Crippen LogP contribution in [0.15, 0.2) is 41.3 Å². The topological polar surface area (TPSA) is 111 Å². The average molecular weight is 492 g/mol. The Labute approximate surface area is 196 Å². The number of thiocarbonyl (C=S) groups is 1. The van der Waals surface area contributed by atoms with Crippen molar-refractivity contribution in [1.82, 2.24) is 10.2 Å². The maximum Gasteiger partial charge on any atom is 0.270 e. The Morgan fingerprint density at radius 1 is 1.28 bits per heavy atom. The van der Waals surface area contributed by atoms with Gasteiger partial charge < -0.3 is 14.8 Å². The van der Waals surface area contributed by atoms with Crippen LogP contribution in [-0.4, -0.2) is 45.8 Å². The van der Waals surface area contributed by atoms with Gasteiger partial charge in [-0.1, -0.05) is 41.6 Å². The number of non-ortho nitro benzene ring substituents is 1. The van der Waals surface area contributed by atoms with E-state index in [1.807, 2.05) is 6.07 Å². The van der Waals surface area contributed by atoms with E-state index >= 15 is 0 Å². The number of benzene rings is 2. The van der Waals surface area contributed by atoms with Crippen LogP contribution in [0.25, 0.3) is 6.08 Å². The standard InChI is InChI=1S/C20H14ClN3O6S2/c21-14-9-12(24(27)28)2-3-13(14)18(25)22-5-6-23-19(26)17(32-20(23)31)8-11-1-4-15-16(7-11)30-10-29-15/h1-4,7-9H,5-6,10H2,(H,22,25)/b17-8-. The molecular formula is C20H14ClN3O6S2. The summed E-state index contributed by atoms with van der Waals surface area (Å²) >= 11 is 12.5. The SMILES string of the molecule is O=C(NCCN1C(=O)/C(=C/c2ccc3c(c2)OCO3)SC1=S)c1ccc([N+](=O)[O-])cc1Cl. The van der Waals surface area contributed by atoms with Crippen LogP contribution < -0.4 is 14.8 Å². The van der Waals surface area contributed by atoms with Gasteiger partial charge in [0, 0.05) is 25.2 Å². The van der Waals surface area contributed by atoms with Gasteiger partial charge in [-0.3, -0.25) is 24.6 Å². The maximum absolute atomic E-state index is 12.8. The average Bonchev–Trinajstić information content (AvgIpc) is 3.32. The summed E-state index contributed by atoms with van der Waals surface area (Å²) < 4.78 is 11.0. The first-order valence-electron chi connectivity index (χ1n) is 9.20. The van der Waals surface area contributed by atoms with Gasteiger partial charge in [0.05, 0.1) is 20.4 Å². The summed E-state index contributed by atoms with van der Waals surface area (Å²) in [5, 5.41) is 13.4. The Kier molecular flexibility index (Phi) is 6.31.